The maximum Gasteiger partial charge on any atom is 0.251 e. The molecule has 0 aromatic heterocycles. The van der Waals surface area contributed by atoms with Crippen LogP contribution in [0.15, 0.2) is 24.3 Å². The fourth-order valence-corrected chi connectivity index (χ4v) is 3.78. The fraction of sp³-hybridized carbons (Fsp3) is 0.556. The molecule has 2 amide bonds. The Kier molecular flexibility index (Phi) is 4.85. The largest absolute Gasteiger partial charge is 0.381 e. The van der Waals surface area contributed by atoms with E-state index in [-0.39, 0.29) is 29.8 Å². The van der Waals surface area contributed by atoms with Gasteiger partial charge in [-0.1, -0.05) is 0 Å². The minimum absolute atomic E-state index is 0.0346. The lowest BCUT2D eigenvalue weighted by Crippen LogP contribution is -2.43. The maximum absolute atomic E-state index is 12.9. The Morgan fingerprint density at radius 2 is 1.96 bits per heavy atom. The summed E-state index contributed by atoms with van der Waals surface area (Å²) in [4.78, 5) is 26.4. The summed E-state index contributed by atoms with van der Waals surface area (Å²) >= 11 is 0. The van der Waals surface area contributed by atoms with Crippen molar-refractivity contribution in [3.63, 3.8) is 0 Å². The fourth-order valence-electron chi connectivity index (χ4n) is 3.78. The molecule has 3 rings (SSSR count). The Hall–Kier alpha value is -1.95. The number of hydrogen-bond acceptors (Lipinski definition) is 3. The monoisotopic (exact) mass is 334 g/mol. The number of hydrogen-bond donors (Lipinski definition) is 1. The van der Waals surface area contributed by atoms with E-state index < -0.39 is 5.82 Å². The van der Waals surface area contributed by atoms with Gasteiger partial charge in [-0.25, -0.2) is 4.39 Å². The summed E-state index contributed by atoms with van der Waals surface area (Å²) in [6.07, 6.45) is 2.97. The first-order valence-electron chi connectivity index (χ1n) is 8.40. The number of nitrogens with zero attached hydrogens (tertiary/aromatic N) is 1. The van der Waals surface area contributed by atoms with Crippen LogP contribution < -0.4 is 5.32 Å². The van der Waals surface area contributed by atoms with Crippen LogP contribution in [0.25, 0.3) is 0 Å². The molecule has 24 heavy (non-hydrogen) atoms. The molecule has 2 aliphatic rings. The lowest BCUT2D eigenvalue weighted by atomic mass is 9.78. The number of benzene rings is 1. The summed E-state index contributed by atoms with van der Waals surface area (Å²) in [6, 6.07) is 5.45. The number of carbonyl (C=O) groups is 2. The van der Waals surface area contributed by atoms with Crippen LogP contribution in [-0.4, -0.2) is 49.1 Å². The molecule has 2 fully saturated rings. The van der Waals surface area contributed by atoms with Gasteiger partial charge in [0.1, 0.15) is 5.82 Å². The Morgan fingerprint density at radius 3 is 2.62 bits per heavy atom. The molecular weight excluding hydrogens is 311 g/mol. The smallest absolute Gasteiger partial charge is 0.251 e. The summed E-state index contributed by atoms with van der Waals surface area (Å²) < 4.78 is 18.3. The summed E-state index contributed by atoms with van der Waals surface area (Å²) in [5, 5.41) is 2.63. The van der Waals surface area contributed by atoms with Crippen molar-refractivity contribution in [3.05, 3.63) is 35.6 Å². The van der Waals surface area contributed by atoms with Crippen LogP contribution in [-0.2, 0) is 9.53 Å². The van der Waals surface area contributed by atoms with Crippen LogP contribution >= 0.6 is 0 Å². The third-order valence-corrected chi connectivity index (χ3v) is 5.15. The number of carbonyl (C=O) groups excluding carboxylic acids is 2. The predicted molar refractivity (Wildman–Crippen MR) is 87.0 cm³/mol. The van der Waals surface area contributed by atoms with Gasteiger partial charge >= 0.3 is 0 Å². The molecule has 1 spiro atoms. The maximum atomic E-state index is 12.9. The average molecular weight is 334 g/mol. The topological polar surface area (TPSA) is 58.6 Å². The highest BCUT2D eigenvalue weighted by Gasteiger charge is 2.44. The third-order valence-electron chi connectivity index (χ3n) is 5.15. The van der Waals surface area contributed by atoms with Gasteiger partial charge in [0.15, 0.2) is 0 Å². The van der Waals surface area contributed by atoms with Gasteiger partial charge in [-0.2, -0.15) is 0 Å². The number of likely N-dealkylation sites (tertiary alicyclic amines) is 1. The van der Waals surface area contributed by atoms with Crippen LogP contribution in [0.1, 0.15) is 36.5 Å². The molecule has 2 saturated heterocycles. The number of ether oxygens (including phenoxy) is 1. The molecule has 1 unspecified atom stereocenters. The molecule has 1 atom stereocenters. The second-order valence-corrected chi connectivity index (χ2v) is 6.88. The zero-order valence-electron chi connectivity index (χ0n) is 13.9. The third kappa shape index (κ3) is 3.59. The molecule has 1 N–H and O–H groups in total. The van der Waals surface area contributed by atoms with Crippen molar-refractivity contribution in [2.75, 3.05) is 26.3 Å². The number of amides is 2. The first-order chi connectivity index (χ1) is 11.5. The first-order valence-corrected chi connectivity index (χ1v) is 8.40. The summed E-state index contributed by atoms with van der Waals surface area (Å²) in [7, 11) is 0. The van der Waals surface area contributed by atoms with Crippen LogP contribution in [0.5, 0.6) is 0 Å². The van der Waals surface area contributed by atoms with E-state index in [1.54, 1.807) is 0 Å². The van der Waals surface area contributed by atoms with Gasteiger partial charge in [0.05, 0.1) is 6.54 Å². The second kappa shape index (κ2) is 6.89. The van der Waals surface area contributed by atoms with Gasteiger partial charge in [-0.3, -0.25) is 9.59 Å². The van der Waals surface area contributed by atoms with Crippen molar-refractivity contribution < 1.29 is 18.7 Å². The molecular formula is C18H23FN2O3. The van der Waals surface area contributed by atoms with Gasteiger partial charge in [-0.05, 0) is 55.9 Å². The molecule has 0 aliphatic carbocycles. The van der Waals surface area contributed by atoms with E-state index >= 15 is 0 Å². The van der Waals surface area contributed by atoms with Crippen LogP contribution in [0.4, 0.5) is 4.39 Å². The van der Waals surface area contributed by atoms with E-state index in [1.807, 2.05) is 4.90 Å². The van der Waals surface area contributed by atoms with Crippen LogP contribution in [0.2, 0.25) is 0 Å². The Bertz CT molecular complexity index is 611. The van der Waals surface area contributed by atoms with Gasteiger partial charge in [0, 0.05) is 31.4 Å². The minimum atomic E-state index is -0.393. The normalized spacial score (nSPS) is 22.6. The molecule has 6 heteroatoms. The van der Waals surface area contributed by atoms with Gasteiger partial charge < -0.3 is 15.0 Å². The zero-order valence-corrected chi connectivity index (χ0v) is 13.9. The van der Waals surface area contributed by atoms with Crippen LogP contribution in [0.3, 0.4) is 0 Å². The lowest BCUT2D eigenvalue weighted by Gasteiger charge is -2.33. The van der Waals surface area contributed by atoms with E-state index in [4.69, 9.17) is 4.74 Å². The second-order valence-electron chi connectivity index (χ2n) is 6.88. The minimum Gasteiger partial charge on any atom is -0.381 e. The number of halogens is 1. The van der Waals surface area contributed by atoms with Gasteiger partial charge in [-0.15, -0.1) is 0 Å². The highest BCUT2D eigenvalue weighted by molar-refractivity contribution is 5.96. The van der Waals surface area contributed by atoms with Gasteiger partial charge in [0.2, 0.25) is 5.91 Å². The number of rotatable bonds is 3. The molecule has 2 heterocycles. The van der Waals surface area contributed by atoms with Crippen molar-refractivity contribution in [2.45, 2.75) is 32.2 Å². The molecule has 5 nitrogen and oxygen atoms in total. The quantitative estimate of drug-likeness (QED) is 0.919. The average Bonchev–Trinajstić information content (AvgIpc) is 2.89. The summed E-state index contributed by atoms with van der Waals surface area (Å²) in [6.45, 7) is 4.28. The molecule has 0 saturated carbocycles. The van der Waals surface area contributed by atoms with Gasteiger partial charge in [0.25, 0.3) is 5.91 Å². The Balaban J connectivity index is 1.55. The van der Waals surface area contributed by atoms with E-state index in [1.165, 1.54) is 24.3 Å². The van der Waals surface area contributed by atoms with Crippen molar-refractivity contribution in [2.24, 2.45) is 5.41 Å². The SMILES string of the molecule is CC1CC2(CCOCC2)CN1C(=O)CNC(=O)c1ccc(F)cc1. The van der Waals surface area contributed by atoms with Crippen molar-refractivity contribution in [1.82, 2.24) is 10.2 Å². The lowest BCUT2D eigenvalue weighted by molar-refractivity contribution is -0.131. The summed E-state index contributed by atoms with van der Waals surface area (Å²) in [5.41, 5.74) is 0.522. The zero-order chi connectivity index (χ0) is 17.2. The predicted octanol–water partition coefficient (Wildman–Crippen LogP) is 1.97. The standard InChI is InChI=1S/C18H23FN2O3/c1-13-10-18(6-8-24-9-7-18)12-21(13)16(22)11-20-17(23)14-2-4-15(19)5-3-14/h2-5,13H,6-12H2,1H3,(H,20,23). The Morgan fingerprint density at radius 1 is 1.29 bits per heavy atom. The highest BCUT2D eigenvalue weighted by atomic mass is 19.1. The molecule has 1 aromatic rings. The molecule has 130 valence electrons. The van der Waals surface area contributed by atoms with Crippen LogP contribution in [0, 0.1) is 11.2 Å². The van der Waals surface area contributed by atoms with Crippen molar-refractivity contribution >= 4 is 11.8 Å². The Labute approximate surface area is 141 Å². The van der Waals surface area contributed by atoms with Crippen molar-refractivity contribution in [3.8, 4) is 0 Å². The van der Waals surface area contributed by atoms with E-state index in [0.29, 0.717) is 5.56 Å². The first kappa shape index (κ1) is 16.9. The van der Waals surface area contributed by atoms with E-state index in [2.05, 4.69) is 12.2 Å². The van der Waals surface area contributed by atoms with Crippen molar-refractivity contribution in [1.29, 1.82) is 0 Å². The molecule has 2 aliphatic heterocycles. The highest BCUT2D eigenvalue weighted by Crippen LogP contribution is 2.42. The molecule has 0 bridgehead atoms. The summed E-state index contributed by atoms with van der Waals surface area (Å²) in [5.74, 6) is -0.826. The molecule has 0 radical (unpaired) electrons. The number of nitrogens with one attached hydrogen (secondary N) is 1. The molecule has 1 aromatic carbocycles. The van der Waals surface area contributed by atoms with E-state index in [9.17, 15) is 14.0 Å². The van der Waals surface area contributed by atoms with E-state index in [0.717, 1.165) is 39.0 Å².